The van der Waals surface area contributed by atoms with Crippen LogP contribution in [0.1, 0.15) is 67.7 Å². The van der Waals surface area contributed by atoms with E-state index in [-0.39, 0.29) is 35.4 Å². The Labute approximate surface area is 189 Å². The molecule has 6 nitrogen and oxygen atoms in total. The number of carbonyl (C=O) groups is 1. The van der Waals surface area contributed by atoms with Gasteiger partial charge >= 0.3 is 0 Å². The first kappa shape index (κ1) is 21.6. The predicted molar refractivity (Wildman–Crippen MR) is 122 cm³/mol. The van der Waals surface area contributed by atoms with Crippen LogP contribution in [0.25, 0.3) is 5.57 Å². The van der Waals surface area contributed by atoms with Crippen LogP contribution < -0.4 is 0 Å². The number of aryl methyl sites for hydroxylation is 1. The van der Waals surface area contributed by atoms with Crippen molar-refractivity contribution in [3.05, 3.63) is 53.4 Å². The van der Waals surface area contributed by atoms with Crippen LogP contribution >= 0.6 is 0 Å². The maximum Gasteiger partial charge on any atom is 0.181 e. The maximum atomic E-state index is 13.4. The van der Waals surface area contributed by atoms with Gasteiger partial charge in [-0.2, -0.15) is 5.10 Å². The van der Waals surface area contributed by atoms with E-state index >= 15 is 0 Å². The highest BCUT2D eigenvalue weighted by Gasteiger charge is 2.40. The molecule has 3 aliphatic rings. The molecule has 0 saturated heterocycles. The van der Waals surface area contributed by atoms with Crippen LogP contribution in [0.3, 0.4) is 0 Å². The molecule has 0 spiro atoms. The number of benzene rings is 1. The second-order valence-electron chi connectivity index (χ2n) is 9.66. The van der Waals surface area contributed by atoms with E-state index in [1.165, 1.54) is 0 Å². The summed E-state index contributed by atoms with van der Waals surface area (Å²) in [5.41, 5.74) is 2.98. The van der Waals surface area contributed by atoms with E-state index in [1.54, 1.807) is 16.8 Å². The van der Waals surface area contributed by atoms with Crippen molar-refractivity contribution < 1.29 is 18.3 Å². The summed E-state index contributed by atoms with van der Waals surface area (Å²) >= 11 is 0. The number of aliphatic hydroxyl groups is 1. The Morgan fingerprint density at radius 2 is 1.94 bits per heavy atom. The summed E-state index contributed by atoms with van der Waals surface area (Å²) in [5.74, 6) is 0.385. The number of aromatic nitrogens is 2. The van der Waals surface area contributed by atoms with Gasteiger partial charge in [0, 0.05) is 18.8 Å². The van der Waals surface area contributed by atoms with Crippen LogP contribution in [0.5, 0.6) is 0 Å². The average Bonchev–Trinajstić information content (AvgIpc) is 3.68. The summed E-state index contributed by atoms with van der Waals surface area (Å²) in [6.07, 6.45) is 9.42. The van der Waals surface area contributed by atoms with E-state index in [4.69, 9.17) is 0 Å². The molecule has 5 rings (SSSR count). The van der Waals surface area contributed by atoms with Crippen molar-refractivity contribution in [2.45, 2.75) is 73.5 Å². The molecule has 32 heavy (non-hydrogen) atoms. The van der Waals surface area contributed by atoms with Crippen molar-refractivity contribution in [1.29, 1.82) is 0 Å². The van der Waals surface area contributed by atoms with Crippen molar-refractivity contribution in [3.8, 4) is 0 Å². The molecule has 3 saturated carbocycles. The molecule has 3 fully saturated rings. The lowest BCUT2D eigenvalue weighted by Gasteiger charge is -2.15. The summed E-state index contributed by atoms with van der Waals surface area (Å²) in [7, 11) is -1.46. The van der Waals surface area contributed by atoms with E-state index < -0.39 is 9.84 Å². The number of allylic oxidation sites excluding steroid dienone is 2. The van der Waals surface area contributed by atoms with Gasteiger partial charge in [-0.05, 0) is 86.1 Å². The monoisotopic (exact) mass is 454 g/mol. The Bertz CT molecular complexity index is 1170. The Kier molecular flexibility index (Phi) is 5.58. The molecule has 0 amide bonds. The molecule has 1 heterocycles. The van der Waals surface area contributed by atoms with Gasteiger partial charge in [0.15, 0.2) is 15.6 Å². The van der Waals surface area contributed by atoms with Crippen LogP contribution in [0.15, 0.2) is 41.4 Å². The minimum Gasteiger partial charge on any atom is -0.393 e. The Balaban J connectivity index is 1.52. The zero-order chi connectivity index (χ0) is 22.5. The molecule has 1 aromatic carbocycles. The zero-order valence-corrected chi connectivity index (χ0v) is 19.2. The number of hydrogen-bond acceptors (Lipinski definition) is 5. The minimum absolute atomic E-state index is 0.0235. The van der Waals surface area contributed by atoms with Gasteiger partial charge in [0.2, 0.25) is 0 Å². The fourth-order valence-corrected chi connectivity index (χ4v) is 6.72. The quantitative estimate of drug-likeness (QED) is 0.616. The fraction of sp³-hybridized carbons (Fsp3) is 0.520. The fourth-order valence-electron chi connectivity index (χ4n) is 4.79. The van der Waals surface area contributed by atoms with Gasteiger partial charge in [-0.25, -0.2) is 8.42 Å². The molecule has 0 unspecified atom stereocenters. The lowest BCUT2D eigenvalue weighted by molar-refractivity contribution is -0.113. The van der Waals surface area contributed by atoms with Gasteiger partial charge in [-0.3, -0.25) is 9.48 Å². The SMILES string of the molecule is Cn1ccc(CC(=O)/C(=C/[C@H]2CC[C@@H](O)C2)c2ccc(S(=O)(=O)C3CC3)c(C3CC3)c2)n1. The lowest BCUT2D eigenvalue weighted by Crippen LogP contribution is -2.12. The molecule has 2 aromatic rings. The van der Waals surface area contributed by atoms with E-state index in [0.29, 0.717) is 22.6 Å². The summed E-state index contributed by atoms with van der Waals surface area (Å²) in [4.78, 5) is 13.8. The summed E-state index contributed by atoms with van der Waals surface area (Å²) in [6, 6.07) is 7.31. The Morgan fingerprint density at radius 3 is 2.53 bits per heavy atom. The molecule has 2 atom stereocenters. The second kappa shape index (κ2) is 8.27. The van der Waals surface area contributed by atoms with Crippen molar-refractivity contribution in [1.82, 2.24) is 9.78 Å². The van der Waals surface area contributed by atoms with Crippen LogP contribution in [0.4, 0.5) is 0 Å². The van der Waals surface area contributed by atoms with Gasteiger partial charge in [0.1, 0.15) is 0 Å². The molecule has 170 valence electrons. The molecule has 7 heteroatoms. The van der Waals surface area contributed by atoms with E-state index in [2.05, 4.69) is 5.10 Å². The number of nitrogens with zero attached hydrogens (tertiary/aromatic N) is 2. The van der Waals surface area contributed by atoms with Crippen LogP contribution in [-0.4, -0.2) is 40.4 Å². The molecular weight excluding hydrogens is 424 g/mol. The molecular formula is C25H30N2O4S. The average molecular weight is 455 g/mol. The first-order chi connectivity index (χ1) is 15.3. The number of carbonyl (C=O) groups excluding carboxylic acids is 1. The molecule has 1 N–H and O–H groups in total. The zero-order valence-electron chi connectivity index (χ0n) is 18.4. The Morgan fingerprint density at radius 1 is 1.16 bits per heavy atom. The predicted octanol–water partition coefficient (Wildman–Crippen LogP) is 3.59. The summed E-state index contributed by atoms with van der Waals surface area (Å²) in [5, 5.41) is 14.1. The minimum atomic E-state index is -3.29. The number of hydrogen-bond donors (Lipinski definition) is 1. The number of aliphatic hydroxyl groups excluding tert-OH is 1. The number of ketones is 1. The van der Waals surface area contributed by atoms with Gasteiger partial charge in [-0.15, -0.1) is 0 Å². The van der Waals surface area contributed by atoms with Crippen molar-refractivity contribution in [3.63, 3.8) is 0 Å². The van der Waals surface area contributed by atoms with Crippen LogP contribution in [-0.2, 0) is 28.1 Å². The van der Waals surface area contributed by atoms with Crippen LogP contribution in [0, 0.1) is 5.92 Å². The van der Waals surface area contributed by atoms with E-state index in [0.717, 1.165) is 49.7 Å². The smallest absolute Gasteiger partial charge is 0.181 e. The van der Waals surface area contributed by atoms with Gasteiger partial charge in [0.25, 0.3) is 0 Å². The van der Waals surface area contributed by atoms with Crippen molar-refractivity contribution in [2.75, 3.05) is 0 Å². The number of sulfone groups is 1. The normalized spacial score (nSPS) is 24.1. The standard InChI is InChI=1S/C25H30N2O4S/c1-27-11-10-19(26-27)15-24(29)22(13-16-2-6-20(28)12-16)18-5-9-25(23(14-18)17-3-4-17)32(30,31)21-7-8-21/h5,9-11,13-14,16-17,20-21,28H,2-4,6-8,12,15H2,1H3/b22-13+/t16-,20+/m0/s1. The largest absolute Gasteiger partial charge is 0.393 e. The third-order valence-corrected chi connectivity index (χ3v) is 9.20. The van der Waals surface area contributed by atoms with Gasteiger partial charge in [0.05, 0.1) is 28.4 Å². The van der Waals surface area contributed by atoms with Crippen LogP contribution in [0.2, 0.25) is 0 Å². The third-order valence-electron chi connectivity index (χ3n) is 6.87. The van der Waals surface area contributed by atoms with Crippen molar-refractivity contribution >= 4 is 21.2 Å². The van der Waals surface area contributed by atoms with E-state index in [1.807, 2.05) is 31.5 Å². The topological polar surface area (TPSA) is 89.3 Å². The molecule has 0 radical (unpaired) electrons. The van der Waals surface area contributed by atoms with E-state index in [9.17, 15) is 18.3 Å². The maximum absolute atomic E-state index is 13.4. The summed E-state index contributed by atoms with van der Waals surface area (Å²) < 4.78 is 27.7. The Hall–Kier alpha value is -2.25. The number of rotatable bonds is 8. The highest BCUT2D eigenvalue weighted by Crippen LogP contribution is 2.46. The molecule has 0 aliphatic heterocycles. The van der Waals surface area contributed by atoms with Crippen molar-refractivity contribution in [2.24, 2.45) is 13.0 Å². The van der Waals surface area contributed by atoms with Gasteiger partial charge < -0.3 is 5.11 Å². The second-order valence-corrected chi connectivity index (χ2v) is 11.9. The molecule has 0 bridgehead atoms. The molecule has 1 aromatic heterocycles. The van der Waals surface area contributed by atoms with Gasteiger partial charge in [-0.1, -0.05) is 12.1 Å². The third kappa shape index (κ3) is 4.46. The molecule has 3 aliphatic carbocycles. The highest BCUT2D eigenvalue weighted by molar-refractivity contribution is 7.92. The summed E-state index contributed by atoms with van der Waals surface area (Å²) in [6.45, 7) is 0. The highest BCUT2D eigenvalue weighted by atomic mass is 32.2. The number of Topliss-reactive ketones (excluding diaryl/α,β-unsaturated/α-hetero) is 1. The first-order valence-corrected chi connectivity index (χ1v) is 13.2. The lowest BCUT2D eigenvalue weighted by atomic mass is 9.92. The first-order valence-electron chi connectivity index (χ1n) is 11.6.